The summed E-state index contributed by atoms with van der Waals surface area (Å²) in [5.74, 6) is 0.657. The van der Waals surface area contributed by atoms with Gasteiger partial charge in [-0.25, -0.2) is 4.39 Å². The number of fused-ring (bicyclic) bond motifs is 2. The minimum absolute atomic E-state index is 0.300. The summed E-state index contributed by atoms with van der Waals surface area (Å²) < 4.78 is 24.7. The van der Waals surface area contributed by atoms with Crippen molar-refractivity contribution in [3.05, 3.63) is 53.5 Å². The van der Waals surface area contributed by atoms with Crippen molar-refractivity contribution in [3.63, 3.8) is 0 Å². The lowest BCUT2D eigenvalue weighted by Crippen LogP contribution is -2.12. The Labute approximate surface area is 143 Å². The van der Waals surface area contributed by atoms with Crippen molar-refractivity contribution >= 4 is 22.5 Å². The van der Waals surface area contributed by atoms with Crippen molar-refractivity contribution in [1.29, 1.82) is 0 Å². The van der Waals surface area contributed by atoms with Gasteiger partial charge in [0.15, 0.2) is 11.5 Å². The molecule has 0 bridgehead atoms. The van der Waals surface area contributed by atoms with Crippen molar-refractivity contribution in [2.24, 2.45) is 0 Å². The fourth-order valence-electron chi connectivity index (χ4n) is 2.94. The molecule has 2 N–H and O–H groups in total. The molecule has 25 heavy (non-hydrogen) atoms. The van der Waals surface area contributed by atoms with E-state index in [9.17, 15) is 9.18 Å². The fourth-order valence-corrected chi connectivity index (χ4v) is 2.94. The molecule has 0 spiro atoms. The zero-order valence-electron chi connectivity index (χ0n) is 13.7. The number of aryl methyl sites for hydroxylation is 1. The Morgan fingerprint density at radius 1 is 1.12 bits per heavy atom. The molecule has 4 rings (SSSR count). The van der Waals surface area contributed by atoms with Crippen molar-refractivity contribution in [3.8, 4) is 11.5 Å². The molecule has 0 saturated carbocycles. The molecule has 0 unspecified atom stereocenters. The van der Waals surface area contributed by atoms with E-state index in [4.69, 9.17) is 9.47 Å². The third kappa shape index (κ3) is 3.03. The van der Waals surface area contributed by atoms with Crippen LogP contribution in [0.15, 0.2) is 36.4 Å². The number of amides is 1. The molecule has 128 valence electrons. The molecule has 2 heterocycles. The zero-order chi connectivity index (χ0) is 17.4. The standard InChI is InChI=1S/C19H17FN2O3/c1-11-7-12(20)8-15-14(11)10-16(22-15)19(23)21-13-3-4-17-18(9-13)25-6-2-5-24-17/h3-4,7-10,22H,2,5-6H2,1H3,(H,21,23). The van der Waals surface area contributed by atoms with E-state index in [-0.39, 0.29) is 11.7 Å². The van der Waals surface area contributed by atoms with Gasteiger partial charge in [0.05, 0.1) is 13.2 Å². The first kappa shape index (κ1) is 15.5. The molecule has 5 nitrogen and oxygen atoms in total. The number of hydrogen-bond donors (Lipinski definition) is 2. The maximum atomic E-state index is 13.5. The van der Waals surface area contributed by atoms with Gasteiger partial charge in [0.1, 0.15) is 11.5 Å². The van der Waals surface area contributed by atoms with Gasteiger partial charge < -0.3 is 19.8 Å². The molecule has 1 aliphatic rings. The van der Waals surface area contributed by atoms with Crippen LogP contribution in [-0.4, -0.2) is 24.1 Å². The molecule has 6 heteroatoms. The van der Waals surface area contributed by atoms with Crippen LogP contribution in [0.1, 0.15) is 22.5 Å². The average Bonchev–Trinajstić information content (AvgIpc) is 2.87. The molecule has 3 aromatic rings. The lowest BCUT2D eigenvalue weighted by atomic mass is 10.1. The van der Waals surface area contributed by atoms with Gasteiger partial charge in [0, 0.05) is 29.1 Å². The number of carbonyl (C=O) groups is 1. The van der Waals surface area contributed by atoms with E-state index in [2.05, 4.69) is 10.3 Å². The number of rotatable bonds is 2. The lowest BCUT2D eigenvalue weighted by molar-refractivity contribution is 0.102. The second kappa shape index (κ2) is 6.12. The Morgan fingerprint density at radius 2 is 1.92 bits per heavy atom. The van der Waals surface area contributed by atoms with Gasteiger partial charge in [0.25, 0.3) is 5.91 Å². The topological polar surface area (TPSA) is 63.4 Å². The number of benzene rings is 2. The Hall–Kier alpha value is -3.02. The summed E-state index contributed by atoms with van der Waals surface area (Å²) in [5, 5.41) is 3.65. The van der Waals surface area contributed by atoms with Gasteiger partial charge in [-0.15, -0.1) is 0 Å². The van der Waals surface area contributed by atoms with Crippen molar-refractivity contribution in [1.82, 2.24) is 4.98 Å². The van der Waals surface area contributed by atoms with Gasteiger partial charge >= 0.3 is 0 Å². The van der Waals surface area contributed by atoms with Crippen LogP contribution in [0.25, 0.3) is 10.9 Å². The molecule has 0 aliphatic carbocycles. The van der Waals surface area contributed by atoms with Crippen LogP contribution >= 0.6 is 0 Å². The number of carbonyl (C=O) groups excluding carboxylic acids is 1. The van der Waals surface area contributed by atoms with Crippen LogP contribution in [-0.2, 0) is 0 Å². The Morgan fingerprint density at radius 3 is 2.76 bits per heavy atom. The summed E-state index contributed by atoms with van der Waals surface area (Å²) in [6.07, 6.45) is 0.821. The lowest BCUT2D eigenvalue weighted by Gasteiger charge is -2.10. The second-order valence-corrected chi connectivity index (χ2v) is 6.03. The van der Waals surface area contributed by atoms with E-state index in [0.29, 0.717) is 41.6 Å². The van der Waals surface area contributed by atoms with Gasteiger partial charge in [-0.3, -0.25) is 4.79 Å². The molecule has 1 aliphatic heterocycles. The normalized spacial score (nSPS) is 13.5. The number of aromatic nitrogens is 1. The van der Waals surface area contributed by atoms with Gasteiger partial charge in [-0.1, -0.05) is 0 Å². The van der Waals surface area contributed by atoms with E-state index >= 15 is 0 Å². The van der Waals surface area contributed by atoms with Crippen LogP contribution in [0.4, 0.5) is 10.1 Å². The third-order valence-electron chi connectivity index (χ3n) is 4.16. The van der Waals surface area contributed by atoms with Crippen LogP contribution in [0.2, 0.25) is 0 Å². The zero-order valence-corrected chi connectivity index (χ0v) is 13.7. The molecule has 0 atom stereocenters. The molecule has 0 saturated heterocycles. The van der Waals surface area contributed by atoms with Crippen LogP contribution < -0.4 is 14.8 Å². The first-order chi connectivity index (χ1) is 12.1. The highest BCUT2D eigenvalue weighted by Gasteiger charge is 2.15. The molecule has 0 radical (unpaired) electrons. The SMILES string of the molecule is Cc1cc(F)cc2[nH]c(C(=O)Nc3ccc4c(c3)OCCCO4)cc12. The minimum Gasteiger partial charge on any atom is -0.490 e. The predicted molar refractivity (Wildman–Crippen MR) is 93.0 cm³/mol. The summed E-state index contributed by atoms with van der Waals surface area (Å²) >= 11 is 0. The molecular weight excluding hydrogens is 323 g/mol. The third-order valence-corrected chi connectivity index (χ3v) is 4.16. The monoisotopic (exact) mass is 340 g/mol. The van der Waals surface area contributed by atoms with Gasteiger partial charge in [-0.2, -0.15) is 0 Å². The summed E-state index contributed by atoms with van der Waals surface area (Å²) in [6, 6.07) is 9.84. The van der Waals surface area contributed by atoms with Crippen molar-refractivity contribution < 1.29 is 18.7 Å². The molecular formula is C19H17FN2O3. The van der Waals surface area contributed by atoms with E-state index in [1.807, 2.05) is 6.92 Å². The quantitative estimate of drug-likeness (QED) is 0.740. The Kier molecular flexibility index (Phi) is 3.80. The summed E-state index contributed by atoms with van der Waals surface area (Å²) in [6.45, 7) is 3.01. The summed E-state index contributed by atoms with van der Waals surface area (Å²) in [4.78, 5) is 15.5. The van der Waals surface area contributed by atoms with Crippen molar-refractivity contribution in [2.45, 2.75) is 13.3 Å². The van der Waals surface area contributed by atoms with Gasteiger partial charge in [-0.05, 0) is 42.8 Å². The summed E-state index contributed by atoms with van der Waals surface area (Å²) in [7, 11) is 0. The molecule has 0 fully saturated rings. The number of nitrogens with one attached hydrogen (secondary N) is 2. The van der Waals surface area contributed by atoms with E-state index < -0.39 is 0 Å². The highest BCUT2D eigenvalue weighted by atomic mass is 19.1. The largest absolute Gasteiger partial charge is 0.490 e. The number of ether oxygens (including phenoxy) is 2. The van der Waals surface area contributed by atoms with Gasteiger partial charge in [0.2, 0.25) is 0 Å². The number of aromatic amines is 1. The van der Waals surface area contributed by atoms with E-state index in [1.165, 1.54) is 12.1 Å². The number of anilines is 1. The maximum absolute atomic E-state index is 13.5. The van der Waals surface area contributed by atoms with E-state index in [0.717, 1.165) is 17.4 Å². The number of H-pyrrole nitrogens is 1. The van der Waals surface area contributed by atoms with E-state index in [1.54, 1.807) is 24.3 Å². The van der Waals surface area contributed by atoms with Crippen LogP contribution in [0.3, 0.4) is 0 Å². The first-order valence-corrected chi connectivity index (χ1v) is 8.10. The summed E-state index contributed by atoms with van der Waals surface area (Å²) in [5.41, 5.74) is 2.36. The number of hydrogen-bond acceptors (Lipinski definition) is 3. The molecule has 2 aromatic carbocycles. The van der Waals surface area contributed by atoms with Crippen LogP contribution in [0.5, 0.6) is 11.5 Å². The maximum Gasteiger partial charge on any atom is 0.272 e. The smallest absolute Gasteiger partial charge is 0.272 e. The number of halogens is 1. The first-order valence-electron chi connectivity index (χ1n) is 8.10. The Bertz CT molecular complexity index is 965. The predicted octanol–water partition coefficient (Wildman–Crippen LogP) is 4.03. The fraction of sp³-hybridized carbons (Fsp3) is 0.211. The highest BCUT2D eigenvalue weighted by molar-refractivity contribution is 6.06. The Balaban J connectivity index is 1.60. The molecule has 1 amide bonds. The minimum atomic E-state index is -0.332. The average molecular weight is 340 g/mol. The second-order valence-electron chi connectivity index (χ2n) is 6.03. The van der Waals surface area contributed by atoms with Crippen LogP contribution in [0, 0.1) is 12.7 Å². The van der Waals surface area contributed by atoms with Crippen molar-refractivity contribution in [2.75, 3.05) is 18.5 Å². The highest BCUT2D eigenvalue weighted by Crippen LogP contribution is 2.32. The molecule has 1 aromatic heterocycles.